The Kier molecular flexibility index (Phi) is 24.3. The lowest BCUT2D eigenvalue weighted by Gasteiger charge is -2.33. The molecule has 4 nitrogen and oxygen atoms in total. The molecule has 0 aromatic rings. The van der Waals surface area contributed by atoms with Crippen molar-refractivity contribution in [1.82, 2.24) is 0 Å². The van der Waals surface area contributed by atoms with Crippen molar-refractivity contribution in [3.05, 3.63) is 0 Å². The van der Waals surface area contributed by atoms with Gasteiger partial charge in [-0.05, 0) is 74.6 Å². The molecule has 0 aliphatic carbocycles. The molecule has 0 radical (unpaired) electrons. The Morgan fingerprint density at radius 1 is 0.405 bits per heavy atom. The summed E-state index contributed by atoms with van der Waals surface area (Å²) in [6.45, 7) is 9.95. The van der Waals surface area contributed by atoms with Gasteiger partial charge in [-0.1, -0.05) is 79.1 Å². The van der Waals surface area contributed by atoms with Gasteiger partial charge in [0.1, 0.15) is 31.8 Å². The third-order valence-electron chi connectivity index (χ3n) is 6.10. The smallest absolute Gasteiger partial charge is 0.159 e. The highest BCUT2D eigenvalue weighted by molar-refractivity contribution is 7.80. The van der Waals surface area contributed by atoms with Crippen molar-refractivity contribution in [3.63, 3.8) is 0 Å². The Hall–Kier alpha value is -0.440. The lowest BCUT2D eigenvalue weighted by molar-refractivity contribution is -0.0163. The molecule has 0 N–H and O–H groups in total. The van der Waals surface area contributed by atoms with Gasteiger partial charge in [0.25, 0.3) is 0 Å². The van der Waals surface area contributed by atoms with E-state index in [0.717, 1.165) is 103 Å². The van der Waals surface area contributed by atoms with E-state index in [-0.39, 0.29) is 0 Å². The summed E-state index contributed by atoms with van der Waals surface area (Å²) in [5.74, 6) is 0. The van der Waals surface area contributed by atoms with Crippen molar-refractivity contribution in [2.45, 2.75) is 130 Å². The molecular formula is C29H52O4S4. The molecule has 0 heterocycles. The van der Waals surface area contributed by atoms with Crippen molar-refractivity contribution in [2.75, 3.05) is 26.4 Å². The van der Waals surface area contributed by atoms with Gasteiger partial charge in [0.2, 0.25) is 0 Å². The fraction of sp³-hybridized carbons (Fsp3) is 0.862. The lowest BCUT2D eigenvalue weighted by Crippen LogP contribution is -2.43. The molecule has 8 heteroatoms. The van der Waals surface area contributed by atoms with Crippen LogP contribution < -0.4 is 0 Å². The summed E-state index contributed by atoms with van der Waals surface area (Å²) in [5, 5.41) is 2.44. The second-order valence-corrected chi connectivity index (χ2v) is 11.8. The fourth-order valence-electron chi connectivity index (χ4n) is 3.55. The monoisotopic (exact) mass is 592 g/mol. The van der Waals surface area contributed by atoms with Crippen LogP contribution in [0, 0.1) is 5.41 Å². The molecule has 0 aromatic carbocycles. The molecule has 37 heavy (non-hydrogen) atoms. The average molecular weight is 593 g/mol. The minimum Gasteiger partial charge on any atom is -0.486 e. The second-order valence-electron chi connectivity index (χ2n) is 9.97. The van der Waals surface area contributed by atoms with Crippen LogP contribution in [0.2, 0.25) is 0 Å². The Balaban J connectivity index is 5.45. The zero-order valence-corrected chi connectivity index (χ0v) is 27.2. The van der Waals surface area contributed by atoms with E-state index < -0.39 is 5.41 Å². The van der Waals surface area contributed by atoms with Crippen molar-refractivity contribution >= 4 is 69.1 Å². The molecule has 0 bridgehead atoms. The number of ether oxygens (including phenoxy) is 4. The standard InChI is InChI=1S/C29H52O4S4/c1-5-9-13-17-25(34)30-21-29(22-31-26(35)18-14-10-6-2,23-32-27(36)19-15-11-7-3)24-33-28(37)20-16-12-8-4/h5-24H2,1-4H3. The van der Waals surface area contributed by atoms with Crippen LogP contribution in [0.25, 0.3) is 0 Å². The van der Waals surface area contributed by atoms with Crippen molar-refractivity contribution in [1.29, 1.82) is 0 Å². The van der Waals surface area contributed by atoms with E-state index >= 15 is 0 Å². The number of hydrogen-bond donors (Lipinski definition) is 0. The summed E-state index contributed by atoms with van der Waals surface area (Å²) < 4.78 is 24.4. The van der Waals surface area contributed by atoms with Gasteiger partial charge in [0.05, 0.1) is 0 Å². The zero-order valence-electron chi connectivity index (χ0n) is 23.9. The van der Waals surface area contributed by atoms with E-state index in [4.69, 9.17) is 67.8 Å². The molecule has 0 rings (SSSR count). The van der Waals surface area contributed by atoms with Gasteiger partial charge in [0.15, 0.2) is 20.2 Å². The summed E-state index contributed by atoms with van der Waals surface area (Å²) in [4.78, 5) is 0. The van der Waals surface area contributed by atoms with Crippen LogP contribution in [-0.4, -0.2) is 46.6 Å². The largest absolute Gasteiger partial charge is 0.486 e. The highest BCUT2D eigenvalue weighted by Crippen LogP contribution is 2.24. The second kappa shape index (κ2) is 24.6. The molecule has 0 aliphatic heterocycles. The third-order valence-corrected chi connectivity index (χ3v) is 7.38. The van der Waals surface area contributed by atoms with E-state index in [1.807, 2.05) is 0 Å². The van der Waals surface area contributed by atoms with E-state index in [1.165, 1.54) is 0 Å². The van der Waals surface area contributed by atoms with Crippen LogP contribution in [0.5, 0.6) is 0 Å². The molecule has 0 saturated heterocycles. The van der Waals surface area contributed by atoms with E-state index in [1.54, 1.807) is 0 Å². The van der Waals surface area contributed by atoms with Crippen molar-refractivity contribution < 1.29 is 18.9 Å². The summed E-state index contributed by atoms with van der Waals surface area (Å²) in [6, 6.07) is 0. The van der Waals surface area contributed by atoms with Gasteiger partial charge in [-0.2, -0.15) is 0 Å². The van der Waals surface area contributed by atoms with Crippen LogP contribution in [0.15, 0.2) is 0 Å². The third kappa shape index (κ3) is 21.1. The zero-order chi connectivity index (χ0) is 27.8. The minimum absolute atomic E-state index is 0.310. The Morgan fingerprint density at radius 2 is 0.622 bits per heavy atom. The van der Waals surface area contributed by atoms with Gasteiger partial charge in [-0.15, -0.1) is 0 Å². The number of unbranched alkanes of at least 4 members (excludes halogenated alkanes) is 8. The van der Waals surface area contributed by atoms with Crippen LogP contribution in [-0.2, 0) is 18.9 Å². The Bertz CT molecular complexity index is 530. The summed E-state index contributed by atoms with van der Waals surface area (Å²) in [6.07, 6.45) is 16.3. The molecule has 0 unspecified atom stereocenters. The summed E-state index contributed by atoms with van der Waals surface area (Å²) in [7, 11) is 0. The van der Waals surface area contributed by atoms with Gasteiger partial charge < -0.3 is 18.9 Å². The van der Waals surface area contributed by atoms with E-state index in [9.17, 15) is 0 Å². The maximum absolute atomic E-state index is 6.11. The SMILES string of the molecule is CCCCCC(=S)OCC(COC(=S)CCCCC)(COC(=S)CCCCC)COC(=S)CCCCC. The van der Waals surface area contributed by atoms with E-state index in [2.05, 4.69) is 27.7 Å². The van der Waals surface area contributed by atoms with Crippen LogP contribution in [0.3, 0.4) is 0 Å². The molecule has 0 aliphatic rings. The molecule has 216 valence electrons. The molecule has 0 amide bonds. The molecular weight excluding hydrogens is 541 g/mol. The normalized spacial score (nSPS) is 11.1. The van der Waals surface area contributed by atoms with Gasteiger partial charge in [-0.25, -0.2) is 0 Å². The highest BCUT2D eigenvalue weighted by atomic mass is 32.1. The topological polar surface area (TPSA) is 36.9 Å². The maximum Gasteiger partial charge on any atom is 0.159 e. The first-order chi connectivity index (χ1) is 17.8. The maximum atomic E-state index is 6.11. The summed E-state index contributed by atoms with van der Waals surface area (Å²) in [5.41, 5.74) is -0.632. The molecule has 0 spiro atoms. The number of thiocarbonyl (C=S) groups is 4. The minimum atomic E-state index is -0.632. The average Bonchev–Trinajstić information content (AvgIpc) is 2.88. The Morgan fingerprint density at radius 3 is 0.811 bits per heavy atom. The van der Waals surface area contributed by atoms with Crippen LogP contribution in [0.1, 0.15) is 130 Å². The summed E-state index contributed by atoms with van der Waals surface area (Å²) >= 11 is 22.1. The van der Waals surface area contributed by atoms with E-state index in [0.29, 0.717) is 46.6 Å². The van der Waals surface area contributed by atoms with Crippen molar-refractivity contribution in [3.8, 4) is 0 Å². The first-order valence-electron chi connectivity index (χ1n) is 14.4. The van der Waals surface area contributed by atoms with Crippen molar-refractivity contribution in [2.24, 2.45) is 5.41 Å². The molecule has 0 aromatic heterocycles. The molecule has 0 saturated carbocycles. The first kappa shape index (κ1) is 36.6. The van der Waals surface area contributed by atoms with Gasteiger partial charge >= 0.3 is 0 Å². The van der Waals surface area contributed by atoms with Crippen LogP contribution in [0.4, 0.5) is 0 Å². The molecule has 0 atom stereocenters. The highest BCUT2D eigenvalue weighted by Gasteiger charge is 2.36. The quantitative estimate of drug-likeness (QED) is 0.0810. The molecule has 0 fully saturated rings. The number of hydrogen-bond acceptors (Lipinski definition) is 8. The predicted octanol–water partition coefficient (Wildman–Crippen LogP) is 9.67. The van der Waals surface area contributed by atoms with Gasteiger partial charge in [-0.3, -0.25) is 0 Å². The Labute approximate surface area is 249 Å². The first-order valence-corrected chi connectivity index (χ1v) is 16.1. The fourth-order valence-corrected chi connectivity index (χ4v) is 4.36. The number of rotatable bonds is 24. The lowest BCUT2D eigenvalue weighted by atomic mass is 9.92. The predicted molar refractivity (Wildman–Crippen MR) is 173 cm³/mol. The van der Waals surface area contributed by atoms with Crippen LogP contribution >= 0.6 is 48.9 Å². The van der Waals surface area contributed by atoms with Gasteiger partial charge in [0, 0.05) is 25.7 Å².